The molecule has 0 aliphatic carbocycles. The lowest BCUT2D eigenvalue weighted by Crippen LogP contribution is -2.19. The number of hydrogen-bond acceptors (Lipinski definition) is 5. The second-order valence-corrected chi connectivity index (χ2v) is 4.34. The maximum atomic E-state index is 4.94. The first-order chi connectivity index (χ1) is 9.34. The van der Waals surface area contributed by atoms with E-state index in [4.69, 9.17) is 4.52 Å². The summed E-state index contributed by atoms with van der Waals surface area (Å²) in [6, 6.07) is 8.13. The Hall–Kier alpha value is -2.21. The first-order valence-electron chi connectivity index (χ1n) is 6.21. The number of para-hydroxylation sites is 2. The molecule has 0 saturated heterocycles. The van der Waals surface area contributed by atoms with E-state index in [0.717, 1.165) is 36.4 Å². The highest BCUT2D eigenvalue weighted by Crippen LogP contribution is 2.13. The minimum Gasteiger partial charge on any atom is -0.340 e. The van der Waals surface area contributed by atoms with Crippen LogP contribution in [0.15, 0.2) is 35.1 Å². The van der Waals surface area contributed by atoms with Crippen LogP contribution in [0.25, 0.3) is 11.0 Å². The standard InChI is InChI=1S/C13H15N5O/c1-18-11-5-3-2-4-10(11)17-12(18)8-14-7-6-13-15-9-16-19-13/h2-5,9,14H,6-8H2,1H3. The number of fused-ring (bicyclic) bond motifs is 1. The first-order valence-corrected chi connectivity index (χ1v) is 6.21. The highest BCUT2D eigenvalue weighted by Gasteiger charge is 2.06. The van der Waals surface area contributed by atoms with Gasteiger partial charge in [-0.25, -0.2) is 4.98 Å². The molecular formula is C13H15N5O. The second kappa shape index (κ2) is 5.19. The molecule has 6 heteroatoms. The zero-order chi connectivity index (χ0) is 13.1. The van der Waals surface area contributed by atoms with Gasteiger partial charge in [0.2, 0.25) is 5.89 Å². The van der Waals surface area contributed by atoms with Crippen molar-refractivity contribution in [3.05, 3.63) is 42.3 Å². The van der Waals surface area contributed by atoms with Crippen molar-refractivity contribution < 1.29 is 4.52 Å². The molecule has 19 heavy (non-hydrogen) atoms. The molecule has 2 heterocycles. The van der Waals surface area contributed by atoms with E-state index in [9.17, 15) is 0 Å². The summed E-state index contributed by atoms with van der Waals surface area (Å²) in [6.07, 6.45) is 2.14. The molecule has 6 nitrogen and oxygen atoms in total. The number of hydrogen-bond donors (Lipinski definition) is 1. The lowest BCUT2D eigenvalue weighted by Gasteiger charge is -2.03. The minimum absolute atomic E-state index is 0.650. The molecule has 0 aliphatic heterocycles. The average Bonchev–Trinajstić information content (AvgIpc) is 3.04. The van der Waals surface area contributed by atoms with Crippen LogP contribution in [0.3, 0.4) is 0 Å². The van der Waals surface area contributed by atoms with Gasteiger partial charge in [0, 0.05) is 20.0 Å². The van der Waals surface area contributed by atoms with Crippen molar-refractivity contribution in [3.8, 4) is 0 Å². The molecule has 98 valence electrons. The van der Waals surface area contributed by atoms with E-state index < -0.39 is 0 Å². The van der Waals surface area contributed by atoms with Gasteiger partial charge in [-0.1, -0.05) is 17.3 Å². The molecular weight excluding hydrogens is 242 g/mol. The third-order valence-corrected chi connectivity index (χ3v) is 3.09. The van der Waals surface area contributed by atoms with E-state index in [0.29, 0.717) is 5.89 Å². The van der Waals surface area contributed by atoms with Crippen LogP contribution < -0.4 is 5.32 Å². The second-order valence-electron chi connectivity index (χ2n) is 4.34. The van der Waals surface area contributed by atoms with Crippen molar-refractivity contribution >= 4 is 11.0 Å². The van der Waals surface area contributed by atoms with Gasteiger partial charge in [0.1, 0.15) is 5.82 Å². The molecule has 0 bridgehead atoms. The van der Waals surface area contributed by atoms with Crippen molar-refractivity contribution in [3.63, 3.8) is 0 Å². The van der Waals surface area contributed by atoms with Gasteiger partial charge in [-0.05, 0) is 12.1 Å². The summed E-state index contributed by atoms with van der Waals surface area (Å²) >= 11 is 0. The number of aryl methyl sites for hydroxylation is 1. The Morgan fingerprint density at radius 3 is 3.00 bits per heavy atom. The first kappa shape index (κ1) is 11.9. The summed E-state index contributed by atoms with van der Waals surface area (Å²) in [6.45, 7) is 1.50. The van der Waals surface area contributed by atoms with E-state index in [1.54, 1.807) is 0 Å². The largest absolute Gasteiger partial charge is 0.340 e. The van der Waals surface area contributed by atoms with Gasteiger partial charge in [0.25, 0.3) is 0 Å². The third kappa shape index (κ3) is 2.48. The highest BCUT2D eigenvalue weighted by molar-refractivity contribution is 5.75. The van der Waals surface area contributed by atoms with Gasteiger partial charge in [0.05, 0.1) is 17.6 Å². The lowest BCUT2D eigenvalue weighted by molar-refractivity contribution is 0.374. The predicted octanol–water partition coefficient (Wildman–Crippen LogP) is 1.29. The fourth-order valence-electron chi connectivity index (χ4n) is 2.06. The van der Waals surface area contributed by atoms with Crippen molar-refractivity contribution in [2.45, 2.75) is 13.0 Å². The van der Waals surface area contributed by atoms with Gasteiger partial charge in [-0.15, -0.1) is 0 Å². The Morgan fingerprint density at radius 1 is 1.32 bits per heavy atom. The van der Waals surface area contributed by atoms with Crippen LogP contribution in [0.1, 0.15) is 11.7 Å². The Bertz CT molecular complexity index is 659. The summed E-state index contributed by atoms with van der Waals surface area (Å²) in [5, 5.41) is 6.90. The van der Waals surface area contributed by atoms with E-state index in [-0.39, 0.29) is 0 Å². The van der Waals surface area contributed by atoms with Gasteiger partial charge in [0.15, 0.2) is 6.33 Å². The molecule has 0 spiro atoms. The Morgan fingerprint density at radius 2 is 2.21 bits per heavy atom. The molecule has 3 aromatic rings. The molecule has 0 fully saturated rings. The number of imidazole rings is 1. The van der Waals surface area contributed by atoms with Crippen molar-refractivity contribution in [1.82, 2.24) is 25.0 Å². The van der Waals surface area contributed by atoms with Crippen LogP contribution in [-0.4, -0.2) is 26.2 Å². The van der Waals surface area contributed by atoms with E-state index in [1.165, 1.54) is 6.33 Å². The molecule has 3 rings (SSSR count). The molecule has 0 amide bonds. The number of nitrogens with one attached hydrogen (secondary N) is 1. The van der Waals surface area contributed by atoms with Crippen LogP contribution in [-0.2, 0) is 20.0 Å². The average molecular weight is 257 g/mol. The SMILES string of the molecule is Cn1c(CNCCc2ncno2)nc2ccccc21. The maximum absolute atomic E-state index is 4.94. The monoisotopic (exact) mass is 257 g/mol. The van der Waals surface area contributed by atoms with Gasteiger partial charge in [-0.3, -0.25) is 0 Å². The molecule has 1 aromatic carbocycles. The summed E-state index contributed by atoms with van der Waals surface area (Å²) in [5.74, 6) is 1.67. The minimum atomic E-state index is 0.650. The molecule has 0 aliphatic rings. The Labute approximate surface area is 110 Å². The maximum Gasteiger partial charge on any atom is 0.227 e. The predicted molar refractivity (Wildman–Crippen MR) is 70.4 cm³/mol. The van der Waals surface area contributed by atoms with Crippen LogP contribution in [0.4, 0.5) is 0 Å². The fourth-order valence-corrected chi connectivity index (χ4v) is 2.06. The molecule has 1 N–H and O–H groups in total. The zero-order valence-electron chi connectivity index (χ0n) is 10.7. The smallest absolute Gasteiger partial charge is 0.227 e. The normalized spacial score (nSPS) is 11.2. The number of benzene rings is 1. The third-order valence-electron chi connectivity index (χ3n) is 3.09. The quantitative estimate of drug-likeness (QED) is 0.697. The number of aromatic nitrogens is 4. The molecule has 0 saturated carbocycles. The van der Waals surface area contributed by atoms with E-state index in [2.05, 4.69) is 31.1 Å². The molecule has 0 unspecified atom stereocenters. The lowest BCUT2D eigenvalue weighted by atomic mass is 10.3. The topological polar surface area (TPSA) is 68.8 Å². The number of nitrogens with zero attached hydrogens (tertiary/aromatic N) is 4. The molecule has 2 aromatic heterocycles. The number of rotatable bonds is 5. The van der Waals surface area contributed by atoms with Crippen LogP contribution in [0, 0.1) is 0 Å². The van der Waals surface area contributed by atoms with Crippen molar-refractivity contribution in [2.24, 2.45) is 7.05 Å². The van der Waals surface area contributed by atoms with E-state index >= 15 is 0 Å². The van der Waals surface area contributed by atoms with Gasteiger partial charge < -0.3 is 14.4 Å². The summed E-state index contributed by atoms with van der Waals surface area (Å²) in [4.78, 5) is 8.57. The summed E-state index contributed by atoms with van der Waals surface area (Å²) in [7, 11) is 2.03. The van der Waals surface area contributed by atoms with Gasteiger partial charge in [-0.2, -0.15) is 4.98 Å². The van der Waals surface area contributed by atoms with Crippen LogP contribution >= 0.6 is 0 Å². The van der Waals surface area contributed by atoms with Crippen molar-refractivity contribution in [2.75, 3.05) is 6.54 Å². The zero-order valence-corrected chi connectivity index (χ0v) is 10.7. The molecule has 0 radical (unpaired) electrons. The fraction of sp³-hybridized carbons (Fsp3) is 0.308. The van der Waals surface area contributed by atoms with Gasteiger partial charge >= 0.3 is 0 Å². The highest BCUT2D eigenvalue weighted by atomic mass is 16.5. The molecule has 0 atom stereocenters. The summed E-state index contributed by atoms with van der Waals surface area (Å²) < 4.78 is 7.04. The van der Waals surface area contributed by atoms with Crippen LogP contribution in [0.2, 0.25) is 0 Å². The van der Waals surface area contributed by atoms with E-state index in [1.807, 2.05) is 25.2 Å². The Kier molecular flexibility index (Phi) is 3.24. The van der Waals surface area contributed by atoms with Crippen molar-refractivity contribution in [1.29, 1.82) is 0 Å². The van der Waals surface area contributed by atoms with Crippen LogP contribution in [0.5, 0.6) is 0 Å². The summed E-state index contributed by atoms with van der Waals surface area (Å²) in [5.41, 5.74) is 2.18. The Balaban J connectivity index is 1.61.